The SMILES string of the molecule is COc1cc(N)ccc1C(=O)N1CCCC(CCO)C1. The van der Waals surface area contributed by atoms with Gasteiger partial charge in [0.05, 0.1) is 12.7 Å². The van der Waals surface area contributed by atoms with Crippen molar-refractivity contribution in [3.05, 3.63) is 23.8 Å². The zero-order valence-electron chi connectivity index (χ0n) is 11.8. The number of rotatable bonds is 4. The molecule has 5 heteroatoms. The molecule has 1 fully saturated rings. The number of aliphatic hydroxyl groups excluding tert-OH is 1. The minimum atomic E-state index is -0.0236. The van der Waals surface area contributed by atoms with E-state index in [1.54, 1.807) is 18.2 Å². The van der Waals surface area contributed by atoms with Crippen LogP contribution in [0.3, 0.4) is 0 Å². The minimum absolute atomic E-state index is 0.0236. The number of likely N-dealkylation sites (tertiary alicyclic amines) is 1. The van der Waals surface area contributed by atoms with Gasteiger partial charge in [-0.05, 0) is 37.3 Å². The van der Waals surface area contributed by atoms with Gasteiger partial charge < -0.3 is 20.5 Å². The maximum Gasteiger partial charge on any atom is 0.257 e. The van der Waals surface area contributed by atoms with Crippen LogP contribution < -0.4 is 10.5 Å². The van der Waals surface area contributed by atoms with Gasteiger partial charge in [-0.1, -0.05) is 0 Å². The smallest absolute Gasteiger partial charge is 0.257 e. The lowest BCUT2D eigenvalue weighted by Gasteiger charge is -2.33. The Bertz CT molecular complexity index is 474. The lowest BCUT2D eigenvalue weighted by atomic mass is 9.94. The number of anilines is 1. The van der Waals surface area contributed by atoms with Gasteiger partial charge in [-0.2, -0.15) is 0 Å². The zero-order valence-corrected chi connectivity index (χ0v) is 11.8. The number of carbonyl (C=O) groups is 1. The van der Waals surface area contributed by atoms with Crippen LogP contribution in [0.2, 0.25) is 0 Å². The van der Waals surface area contributed by atoms with Crippen LogP contribution >= 0.6 is 0 Å². The van der Waals surface area contributed by atoms with Gasteiger partial charge >= 0.3 is 0 Å². The van der Waals surface area contributed by atoms with Gasteiger partial charge in [0.15, 0.2) is 0 Å². The van der Waals surface area contributed by atoms with E-state index in [4.69, 9.17) is 15.6 Å². The molecule has 20 heavy (non-hydrogen) atoms. The summed E-state index contributed by atoms with van der Waals surface area (Å²) in [5.74, 6) is 0.876. The van der Waals surface area contributed by atoms with Crippen LogP contribution in [0.15, 0.2) is 18.2 Å². The summed E-state index contributed by atoms with van der Waals surface area (Å²) < 4.78 is 5.24. The highest BCUT2D eigenvalue weighted by Crippen LogP contribution is 2.26. The van der Waals surface area contributed by atoms with Crippen molar-refractivity contribution in [2.24, 2.45) is 5.92 Å². The largest absolute Gasteiger partial charge is 0.496 e. The summed E-state index contributed by atoms with van der Waals surface area (Å²) in [4.78, 5) is 14.4. The summed E-state index contributed by atoms with van der Waals surface area (Å²) in [6, 6.07) is 5.10. The average molecular weight is 278 g/mol. The molecule has 0 spiro atoms. The molecule has 1 aromatic carbocycles. The van der Waals surface area contributed by atoms with E-state index < -0.39 is 0 Å². The van der Waals surface area contributed by atoms with Crippen molar-refractivity contribution >= 4 is 11.6 Å². The fraction of sp³-hybridized carbons (Fsp3) is 0.533. The van der Waals surface area contributed by atoms with Gasteiger partial charge in [0.25, 0.3) is 5.91 Å². The van der Waals surface area contributed by atoms with Gasteiger partial charge in [-0.25, -0.2) is 0 Å². The van der Waals surface area contributed by atoms with E-state index >= 15 is 0 Å². The number of nitrogen functional groups attached to an aromatic ring is 1. The number of benzene rings is 1. The Kier molecular flexibility index (Phi) is 4.84. The summed E-state index contributed by atoms with van der Waals surface area (Å²) >= 11 is 0. The molecule has 0 bridgehead atoms. The molecule has 0 radical (unpaired) electrons. The van der Waals surface area contributed by atoms with E-state index in [9.17, 15) is 4.79 Å². The molecule has 5 nitrogen and oxygen atoms in total. The van der Waals surface area contributed by atoms with Crippen LogP contribution in [-0.4, -0.2) is 42.7 Å². The second-order valence-electron chi connectivity index (χ2n) is 5.23. The topological polar surface area (TPSA) is 75.8 Å². The van der Waals surface area contributed by atoms with E-state index in [2.05, 4.69) is 0 Å². The van der Waals surface area contributed by atoms with Crippen LogP contribution in [0.4, 0.5) is 5.69 Å². The Balaban J connectivity index is 2.14. The number of aliphatic hydroxyl groups is 1. The van der Waals surface area contributed by atoms with E-state index in [0.717, 1.165) is 25.8 Å². The molecule has 1 unspecified atom stereocenters. The number of hydrogen-bond acceptors (Lipinski definition) is 4. The molecular formula is C15H22N2O3. The van der Waals surface area contributed by atoms with Crippen molar-refractivity contribution in [1.82, 2.24) is 4.90 Å². The number of hydrogen-bond donors (Lipinski definition) is 2. The first kappa shape index (κ1) is 14.7. The van der Waals surface area contributed by atoms with Crippen LogP contribution in [-0.2, 0) is 0 Å². The Morgan fingerprint density at radius 3 is 3.05 bits per heavy atom. The van der Waals surface area contributed by atoms with E-state index in [0.29, 0.717) is 29.5 Å². The quantitative estimate of drug-likeness (QED) is 0.819. The van der Waals surface area contributed by atoms with Crippen molar-refractivity contribution in [3.63, 3.8) is 0 Å². The molecule has 0 saturated carbocycles. The van der Waals surface area contributed by atoms with Crippen LogP contribution in [0.5, 0.6) is 5.75 Å². The van der Waals surface area contributed by atoms with E-state index in [1.165, 1.54) is 7.11 Å². The molecule has 2 rings (SSSR count). The molecule has 0 aliphatic carbocycles. The monoisotopic (exact) mass is 278 g/mol. The van der Waals surface area contributed by atoms with Gasteiger partial charge in [-0.15, -0.1) is 0 Å². The van der Waals surface area contributed by atoms with Crippen LogP contribution in [0, 0.1) is 5.92 Å². The van der Waals surface area contributed by atoms with Gasteiger partial charge in [0.2, 0.25) is 0 Å². The predicted molar refractivity (Wildman–Crippen MR) is 77.7 cm³/mol. The average Bonchev–Trinajstić information content (AvgIpc) is 2.47. The number of carbonyl (C=O) groups excluding carboxylic acids is 1. The molecule has 3 N–H and O–H groups in total. The number of piperidine rings is 1. The molecule has 0 aromatic heterocycles. The summed E-state index contributed by atoms with van der Waals surface area (Å²) in [5, 5.41) is 9.04. The maximum atomic E-state index is 12.6. The summed E-state index contributed by atoms with van der Waals surface area (Å²) in [5.41, 5.74) is 6.84. The lowest BCUT2D eigenvalue weighted by molar-refractivity contribution is 0.0650. The van der Waals surface area contributed by atoms with Crippen LogP contribution in [0.25, 0.3) is 0 Å². The number of nitrogens with two attached hydrogens (primary N) is 1. The zero-order chi connectivity index (χ0) is 14.5. The van der Waals surface area contributed by atoms with E-state index in [1.807, 2.05) is 4.90 Å². The second-order valence-corrected chi connectivity index (χ2v) is 5.23. The molecular weight excluding hydrogens is 256 g/mol. The number of amides is 1. The van der Waals surface area contributed by atoms with Gasteiger partial charge in [0, 0.05) is 31.5 Å². The van der Waals surface area contributed by atoms with Crippen molar-refractivity contribution in [3.8, 4) is 5.75 Å². The molecule has 1 amide bonds. The first-order chi connectivity index (χ1) is 9.65. The summed E-state index contributed by atoms with van der Waals surface area (Å²) in [6.07, 6.45) is 2.81. The first-order valence-corrected chi connectivity index (χ1v) is 6.99. The van der Waals surface area contributed by atoms with Crippen LogP contribution in [0.1, 0.15) is 29.6 Å². The number of methoxy groups -OCH3 is 1. The highest BCUT2D eigenvalue weighted by atomic mass is 16.5. The maximum absolute atomic E-state index is 12.6. The second kappa shape index (κ2) is 6.61. The fourth-order valence-corrected chi connectivity index (χ4v) is 2.72. The lowest BCUT2D eigenvalue weighted by Crippen LogP contribution is -2.40. The molecule has 1 aliphatic rings. The summed E-state index contributed by atoms with van der Waals surface area (Å²) in [7, 11) is 1.54. The Labute approximate surface area is 119 Å². The number of nitrogens with zero attached hydrogens (tertiary/aromatic N) is 1. The Morgan fingerprint density at radius 1 is 1.55 bits per heavy atom. The molecule has 1 saturated heterocycles. The molecule has 1 aliphatic heterocycles. The highest BCUT2D eigenvalue weighted by Gasteiger charge is 2.25. The Hall–Kier alpha value is -1.75. The third-order valence-corrected chi connectivity index (χ3v) is 3.80. The van der Waals surface area contributed by atoms with Gasteiger partial charge in [-0.3, -0.25) is 4.79 Å². The predicted octanol–water partition coefficient (Wildman–Crippen LogP) is 1.51. The van der Waals surface area contributed by atoms with Crippen molar-refractivity contribution < 1.29 is 14.6 Å². The standard InChI is InChI=1S/C15H22N2O3/c1-20-14-9-12(16)4-5-13(14)15(19)17-7-2-3-11(10-17)6-8-18/h4-5,9,11,18H,2-3,6-8,10,16H2,1H3. The fourth-order valence-electron chi connectivity index (χ4n) is 2.72. The normalized spacial score (nSPS) is 18.9. The van der Waals surface area contributed by atoms with Crippen molar-refractivity contribution in [2.75, 3.05) is 32.5 Å². The minimum Gasteiger partial charge on any atom is -0.496 e. The van der Waals surface area contributed by atoms with E-state index in [-0.39, 0.29) is 12.5 Å². The Morgan fingerprint density at radius 2 is 2.35 bits per heavy atom. The number of ether oxygens (including phenoxy) is 1. The molecule has 1 heterocycles. The van der Waals surface area contributed by atoms with Gasteiger partial charge in [0.1, 0.15) is 5.75 Å². The summed E-state index contributed by atoms with van der Waals surface area (Å²) in [6.45, 7) is 1.64. The molecule has 110 valence electrons. The highest BCUT2D eigenvalue weighted by molar-refractivity contribution is 5.97. The van der Waals surface area contributed by atoms with Crippen molar-refractivity contribution in [2.45, 2.75) is 19.3 Å². The third kappa shape index (κ3) is 3.22. The first-order valence-electron chi connectivity index (χ1n) is 6.99. The third-order valence-electron chi connectivity index (χ3n) is 3.80. The molecule has 1 atom stereocenters. The van der Waals surface area contributed by atoms with Crippen molar-refractivity contribution in [1.29, 1.82) is 0 Å². The molecule has 1 aromatic rings.